The molecule has 0 fully saturated rings. The van der Waals surface area contributed by atoms with Gasteiger partial charge in [0.05, 0.1) is 12.9 Å². The van der Waals surface area contributed by atoms with Gasteiger partial charge in [-0.2, -0.15) is 0 Å². The summed E-state index contributed by atoms with van der Waals surface area (Å²) in [6.45, 7) is 0.536. The summed E-state index contributed by atoms with van der Waals surface area (Å²) in [5.41, 5.74) is 0.718. The molecule has 15 heavy (non-hydrogen) atoms. The third-order valence-corrected chi connectivity index (χ3v) is 1.86. The maximum atomic E-state index is 8.66. The van der Waals surface area contributed by atoms with Crippen LogP contribution in [0.1, 0.15) is 0 Å². The Hall–Kier alpha value is -1.88. The van der Waals surface area contributed by atoms with Gasteiger partial charge in [-0.05, 0) is 12.1 Å². The molecule has 0 aliphatic heterocycles. The average molecular weight is 205 g/mol. The summed E-state index contributed by atoms with van der Waals surface area (Å²) in [7, 11) is 0. The molecule has 5 heteroatoms. The molecule has 0 bridgehead atoms. The number of rotatable bonds is 4. The van der Waals surface area contributed by atoms with Gasteiger partial charge in [-0.1, -0.05) is 0 Å². The standard InChI is InChI=1S/C10H11N3O2/c14-4-3-11-10-6-8(12-7-13-10)9-2-1-5-15-9/h1-2,5-7,14H,3-4H2,(H,11,12,13). The van der Waals surface area contributed by atoms with E-state index in [4.69, 9.17) is 9.52 Å². The fourth-order valence-electron chi connectivity index (χ4n) is 1.20. The number of hydrogen-bond donors (Lipinski definition) is 2. The van der Waals surface area contributed by atoms with Gasteiger partial charge in [-0.25, -0.2) is 9.97 Å². The van der Waals surface area contributed by atoms with Crippen molar-refractivity contribution in [3.05, 3.63) is 30.8 Å². The second-order valence-electron chi connectivity index (χ2n) is 2.92. The Morgan fingerprint density at radius 2 is 2.33 bits per heavy atom. The average Bonchev–Trinajstić information content (AvgIpc) is 2.80. The molecular weight excluding hydrogens is 194 g/mol. The van der Waals surface area contributed by atoms with Crippen LogP contribution in [-0.2, 0) is 0 Å². The van der Waals surface area contributed by atoms with E-state index in [0.29, 0.717) is 18.1 Å². The SMILES string of the molecule is OCCNc1cc(-c2ccco2)ncn1. The van der Waals surface area contributed by atoms with Gasteiger partial charge in [0.25, 0.3) is 0 Å². The molecule has 2 rings (SSSR count). The number of aliphatic hydroxyl groups is 1. The Kier molecular flexibility index (Phi) is 2.94. The summed E-state index contributed by atoms with van der Waals surface area (Å²) >= 11 is 0. The molecule has 0 aromatic carbocycles. The Bertz CT molecular complexity index is 414. The first kappa shape index (κ1) is 9.67. The summed E-state index contributed by atoms with van der Waals surface area (Å²) < 4.78 is 5.21. The van der Waals surface area contributed by atoms with E-state index in [1.54, 1.807) is 18.4 Å². The molecule has 0 aliphatic carbocycles. The number of hydrogen-bond acceptors (Lipinski definition) is 5. The highest BCUT2D eigenvalue weighted by Gasteiger charge is 2.03. The van der Waals surface area contributed by atoms with E-state index in [-0.39, 0.29) is 6.61 Å². The molecule has 0 amide bonds. The fourth-order valence-corrected chi connectivity index (χ4v) is 1.20. The highest BCUT2D eigenvalue weighted by atomic mass is 16.3. The van der Waals surface area contributed by atoms with Gasteiger partial charge in [0.1, 0.15) is 17.8 Å². The molecule has 0 aliphatic rings. The molecular formula is C10H11N3O2. The smallest absolute Gasteiger partial charge is 0.152 e. The van der Waals surface area contributed by atoms with Crippen LogP contribution in [0, 0.1) is 0 Å². The fraction of sp³-hybridized carbons (Fsp3) is 0.200. The van der Waals surface area contributed by atoms with Crippen LogP contribution in [0.4, 0.5) is 5.82 Å². The topological polar surface area (TPSA) is 71.2 Å². The van der Waals surface area contributed by atoms with Crippen LogP contribution in [-0.4, -0.2) is 28.2 Å². The molecule has 0 atom stereocenters. The lowest BCUT2D eigenvalue weighted by molar-refractivity contribution is 0.311. The highest BCUT2D eigenvalue weighted by Crippen LogP contribution is 2.18. The number of anilines is 1. The number of nitrogens with one attached hydrogen (secondary N) is 1. The van der Waals surface area contributed by atoms with Crippen LogP contribution >= 0.6 is 0 Å². The number of nitrogens with zero attached hydrogens (tertiary/aromatic N) is 2. The first-order valence-corrected chi connectivity index (χ1v) is 4.61. The Labute approximate surface area is 86.8 Å². The van der Waals surface area contributed by atoms with Gasteiger partial charge in [-0.3, -0.25) is 0 Å². The van der Waals surface area contributed by atoms with Crippen molar-refractivity contribution in [2.45, 2.75) is 0 Å². The maximum absolute atomic E-state index is 8.66. The maximum Gasteiger partial charge on any atom is 0.152 e. The quantitative estimate of drug-likeness (QED) is 0.783. The second-order valence-corrected chi connectivity index (χ2v) is 2.92. The van der Waals surface area contributed by atoms with Gasteiger partial charge in [0.2, 0.25) is 0 Å². The molecule has 0 radical (unpaired) electrons. The van der Waals surface area contributed by atoms with E-state index in [9.17, 15) is 0 Å². The van der Waals surface area contributed by atoms with E-state index in [2.05, 4.69) is 15.3 Å². The van der Waals surface area contributed by atoms with Crippen LogP contribution in [0.2, 0.25) is 0 Å². The van der Waals surface area contributed by atoms with Gasteiger partial charge < -0.3 is 14.8 Å². The van der Waals surface area contributed by atoms with Crippen molar-refractivity contribution in [1.29, 1.82) is 0 Å². The summed E-state index contributed by atoms with van der Waals surface area (Å²) in [6.07, 6.45) is 3.05. The molecule has 0 unspecified atom stereocenters. The van der Waals surface area contributed by atoms with Gasteiger partial charge in [0, 0.05) is 12.6 Å². The highest BCUT2D eigenvalue weighted by molar-refractivity contribution is 5.56. The van der Waals surface area contributed by atoms with Gasteiger partial charge in [-0.15, -0.1) is 0 Å². The van der Waals surface area contributed by atoms with Crippen LogP contribution in [0.15, 0.2) is 35.2 Å². The van der Waals surface area contributed by atoms with Crippen LogP contribution < -0.4 is 5.32 Å². The van der Waals surface area contributed by atoms with E-state index in [1.165, 1.54) is 6.33 Å². The van der Waals surface area contributed by atoms with Crippen LogP contribution in [0.3, 0.4) is 0 Å². The van der Waals surface area contributed by atoms with Crippen molar-refractivity contribution in [3.63, 3.8) is 0 Å². The molecule has 0 saturated carbocycles. The van der Waals surface area contributed by atoms with Crippen molar-refractivity contribution in [1.82, 2.24) is 9.97 Å². The Balaban J connectivity index is 2.19. The molecule has 0 saturated heterocycles. The minimum absolute atomic E-state index is 0.0695. The molecule has 2 heterocycles. The first-order chi connectivity index (χ1) is 7.40. The lowest BCUT2D eigenvalue weighted by Gasteiger charge is -2.03. The largest absolute Gasteiger partial charge is 0.463 e. The van der Waals surface area contributed by atoms with Crippen molar-refractivity contribution in [3.8, 4) is 11.5 Å². The van der Waals surface area contributed by atoms with E-state index in [1.807, 2.05) is 6.07 Å². The minimum atomic E-state index is 0.0695. The Morgan fingerprint density at radius 1 is 1.40 bits per heavy atom. The zero-order valence-corrected chi connectivity index (χ0v) is 8.05. The predicted molar refractivity (Wildman–Crippen MR) is 55.3 cm³/mol. The minimum Gasteiger partial charge on any atom is -0.463 e. The van der Waals surface area contributed by atoms with Gasteiger partial charge >= 0.3 is 0 Å². The summed E-state index contributed by atoms with van der Waals surface area (Å²) in [5.74, 6) is 1.37. The predicted octanol–water partition coefficient (Wildman–Crippen LogP) is 1.14. The van der Waals surface area contributed by atoms with Crippen molar-refractivity contribution in [2.24, 2.45) is 0 Å². The molecule has 2 N–H and O–H groups in total. The molecule has 0 spiro atoms. The van der Waals surface area contributed by atoms with Crippen LogP contribution in [0.5, 0.6) is 0 Å². The molecule has 2 aromatic rings. The van der Waals surface area contributed by atoms with Crippen molar-refractivity contribution in [2.75, 3.05) is 18.5 Å². The third kappa shape index (κ3) is 2.32. The summed E-state index contributed by atoms with van der Waals surface area (Å²) in [6, 6.07) is 5.41. The number of aromatic nitrogens is 2. The second kappa shape index (κ2) is 4.56. The zero-order valence-electron chi connectivity index (χ0n) is 8.05. The first-order valence-electron chi connectivity index (χ1n) is 4.61. The molecule has 2 aromatic heterocycles. The lowest BCUT2D eigenvalue weighted by atomic mass is 10.3. The monoisotopic (exact) mass is 205 g/mol. The van der Waals surface area contributed by atoms with E-state index >= 15 is 0 Å². The summed E-state index contributed by atoms with van der Waals surface area (Å²) in [4.78, 5) is 8.09. The van der Waals surface area contributed by atoms with E-state index in [0.717, 1.165) is 5.69 Å². The number of aliphatic hydroxyl groups excluding tert-OH is 1. The summed E-state index contributed by atoms with van der Waals surface area (Å²) in [5, 5.41) is 11.6. The molecule has 5 nitrogen and oxygen atoms in total. The number of furan rings is 1. The normalized spacial score (nSPS) is 10.2. The third-order valence-electron chi connectivity index (χ3n) is 1.86. The zero-order chi connectivity index (χ0) is 10.5. The van der Waals surface area contributed by atoms with Crippen LogP contribution in [0.25, 0.3) is 11.5 Å². The molecule has 78 valence electrons. The van der Waals surface area contributed by atoms with Gasteiger partial charge in [0.15, 0.2) is 5.76 Å². The lowest BCUT2D eigenvalue weighted by Crippen LogP contribution is -2.07. The van der Waals surface area contributed by atoms with Crippen molar-refractivity contribution >= 4 is 5.82 Å². The van der Waals surface area contributed by atoms with E-state index < -0.39 is 0 Å². The Morgan fingerprint density at radius 3 is 3.07 bits per heavy atom. The van der Waals surface area contributed by atoms with Crippen molar-refractivity contribution < 1.29 is 9.52 Å².